The van der Waals surface area contributed by atoms with Crippen molar-refractivity contribution in [1.29, 1.82) is 0 Å². The van der Waals surface area contributed by atoms with E-state index in [0.717, 1.165) is 6.42 Å². The van der Waals surface area contributed by atoms with Crippen molar-refractivity contribution in [3.8, 4) is 0 Å². The van der Waals surface area contributed by atoms with Crippen LogP contribution in [0.15, 0.2) is 12.2 Å². The summed E-state index contributed by atoms with van der Waals surface area (Å²) >= 11 is 0. The van der Waals surface area contributed by atoms with Gasteiger partial charge < -0.3 is 4.74 Å². The van der Waals surface area contributed by atoms with Crippen LogP contribution >= 0.6 is 0 Å². The molecule has 2 heteroatoms. The molecule has 1 fully saturated rings. The first-order chi connectivity index (χ1) is 5.79. The largest absolute Gasteiger partial charge is 0.469 e. The Morgan fingerprint density at radius 2 is 2.33 bits per heavy atom. The van der Waals surface area contributed by atoms with Crippen molar-refractivity contribution in [3.05, 3.63) is 12.2 Å². The molecule has 1 unspecified atom stereocenters. The standard InChI is InChI=1S/C10H16O2/c1-3-4-5-9(8-6-7-8)10(11)12-2/h4-5,8-9H,3,6-7H2,1-2H3/b5-4+. The molecule has 1 atom stereocenters. The van der Waals surface area contributed by atoms with Crippen LogP contribution in [0, 0.1) is 11.8 Å². The molecule has 1 saturated carbocycles. The van der Waals surface area contributed by atoms with Crippen LogP contribution in [0.5, 0.6) is 0 Å². The Kier molecular flexibility index (Phi) is 3.32. The molecule has 2 nitrogen and oxygen atoms in total. The van der Waals surface area contributed by atoms with Gasteiger partial charge in [-0.3, -0.25) is 4.79 Å². The molecule has 0 aromatic rings. The number of methoxy groups -OCH3 is 1. The summed E-state index contributed by atoms with van der Waals surface area (Å²) in [5.74, 6) is 0.498. The number of hydrogen-bond donors (Lipinski definition) is 0. The maximum Gasteiger partial charge on any atom is 0.312 e. The highest BCUT2D eigenvalue weighted by atomic mass is 16.5. The zero-order valence-electron chi connectivity index (χ0n) is 7.75. The number of esters is 1. The van der Waals surface area contributed by atoms with E-state index in [2.05, 4.69) is 6.92 Å². The summed E-state index contributed by atoms with van der Waals surface area (Å²) in [6.07, 6.45) is 7.37. The fourth-order valence-corrected chi connectivity index (χ4v) is 1.30. The summed E-state index contributed by atoms with van der Waals surface area (Å²) < 4.78 is 4.72. The molecule has 0 bridgehead atoms. The van der Waals surface area contributed by atoms with Crippen molar-refractivity contribution >= 4 is 5.97 Å². The van der Waals surface area contributed by atoms with Crippen molar-refractivity contribution in [3.63, 3.8) is 0 Å². The van der Waals surface area contributed by atoms with E-state index in [1.54, 1.807) is 0 Å². The SMILES string of the molecule is CC/C=C/C(C(=O)OC)C1CC1. The monoisotopic (exact) mass is 168 g/mol. The van der Waals surface area contributed by atoms with Gasteiger partial charge in [0.05, 0.1) is 13.0 Å². The fourth-order valence-electron chi connectivity index (χ4n) is 1.30. The lowest BCUT2D eigenvalue weighted by Crippen LogP contribution is -2.15. The Balaban J connectivity index is 2.48. The molecule has 0 aliphatic heterocycles. The minimum absolute atomic E-state index is 0.0231. The topological polar surface area (TPSA) is 26.3 Å². The molecule has 68 valence electrons. The second-order valence-corrected chi connectivity index (χ2v) is 3.22. The van der Waals surface area contributed by atoms with Crippen LogP contribution < -0.4 is 0 Å². The summed E-state index contributed by atoms with van der Waals surface area (Å²) in [6, 6.07) is 0. The van der Waals surface area contributed by atoms with E-state index in [1.807, 2.05) is 12.2 Å². The molecule has 0 amide bonds. The van der Waals surface area contributed by atoms with Crippen molar-refractivity contribution in [2.75, 3.05) is 7.11 Å². The number of rotatable bonds is 4. The highest BCUT2D eigenvalue weighted by molar-refractivity contribution is 5.75. The van der Waals surface area contributed by atoms with Gasteiger partial charge in [0, 0.05) is 0 Å². The zero-order chi connectivity index (χ0) is 8.97. The smallest absolute Gasteiger partial charge is 0.312 e. The van der Waals surface area contributed by atoms with Crippen molar-refractivity contribution in [2.24, 2.45) is 11.8 Å². The average molecular weight is 168 g/mol. The summed E-state index contributed by atoms with van der Waals surface area (Å²) in [5.41, 5.74) is 0. The number of carbonyl (C=O) groups is 1. The van der Waals surface area contributed by atoms with Gasteiger partial charge in [0.25, 0.3) is 0 Å². The van der Waals surface area contributed by atoms with E-state index >= 15 is 0 Å². The average Bonchev–Trinajstić information content (AvgIpc) is 2.88. The zero-order valence-corrected chi connectivity index (χ0v) is 7.75. The van der Waals surface area contributed by atoms with Crippen LogP contribution in [-0.2, 0) is 9.53 Å². The van der Waals surface area contributed by atoms with E-state index in [4.69, 9.17) is 4.74 Å². The molecule has 0 spiro atoms. The highest BCUT2D eigenvalue weighted by Crippen LogP contribution is 2.38. The van der Waals surface area contributed by atoms with Crippen molar-refractivity contribution in [1.82, 2.24) is 0 Å². The van der Waals surface area contributed by atoms with Gasteiger partial charge >= 0.3 is 5.97 Å². The van der Waals surface area contributed by atoms with E-state index in [1.165, 1.54) is 20.0 Å². The summed E-state index contributed by atoms with van der Waals surface area (Å²) in [6.45, 7) is 2.07. The Labute approximate surface area is 73.6 Å². The van der Waals surface area contributed by atoms with Crippen LogP contribution in [0.25, 0.3) is 0 Å². The molecule has 0 radical (unpaired) electrons. The van der Waals surface area contributed by atoms with E-state index < -0.39 is 0 Å². The molecule has 0 saturated heterocycles. The van der Waals surface area contributed by atoms with E-state index in [9.17, 15) is 4.79 Å². The maximum absolute atomic E-state index is 11.2. The van der Waals surface area contributed by atoms with Gasteiger partial charge in [-0.2, -0.15) is 0 Å². The van der Waals surface area contributed by atoms with Crippen molar-refractivity contribution < 1.29 is 9.53 Å². The molecule has 1 rings (SSSR count). The molecule has 1 aliphatic carbocycles. The maximum atomic E-state index is 11.2. The normalized spacial score (nSPS) is 19.5. The number of allylic oxidation sites excluding steroid dienone is 1. The van der Waals surface area contributed by atoms with Crippen LogP contribution in [0.4, 0.5) is 0 Å². The predicted octanol–water partition coefficient (Wildman–Crippen LogP) is 2.15. The molecule has 0 aromatic carbocycles. The number of carbonyl (C=O) groups excluding carboxylic acids is 1. The minimum atomic E-state index is -0.0813. The third-order valence-electron chi connectivity index (χ3n) is 2.18. The molecule has 0 heterocycles. The Bertz CT molecular complexity index is 180. The van der Waals surface area contributed by atoms with Gasteiger partial charge in [-0.15, -0.1) is 0 Å². The summed E-state index contributed by atoms with van der Waals surface area (Å²) in [4.78, 5) is 11.2. The van der Waals surface area contributed by atoms with Gasteiger partial charge in [-0.1, -0.05) is 19.1 Å². The van der Waals surface area contributed by atoms with Crippen LogP contribution in [-0.4, -0.2) is 13.1 Å². The summed E-state index contributed by atoms with van der Waals surface area (Å²) in [7, 11) is 1.46. The number of hydrogen-bond acceptors (Lipinski definition) is 2. The first-order valence-electron chi connectivity index (χ1n) is 4.54. The van der Waals surface area contributed by atoms with Crippen LogP contribution in [0.2, 0.25) is 0 Å². The first kappa shape index (κ1) is 9.30. The second kappa shape index (κ2) is 4.29. The third kappa shape index (κ3) is 2.36. The Hall–Kier alpha value is -0.790. The van der Waals surface area contributed by atoms with Gasteiger partial charge in [-0.05, 0) is 25.2 Å². The first-order valence-corrected chi connectivity index (χ1v) is 4.54. The van der Waals surface area contributed by atoms with Gasteiger partial charge in [0.15, 0.2) is 0 Å². The second-order valence-electron chi connectivity index (χ2n) is 3.22. The minimum Gasteiger partial charge on any atom is -0.469 e. The lowest BCUT2D eigenvalue weighted by Gasteiger charge is -2.07. The summed E-state index contributed by atoms with van der Waals surface area (Å²) in [5, 5.41) is 0. The predicted molar refractivity (Wildman–Crippen MR) is 47.7 cm³/mol. The molecule has 0 aromatic heterocycles. The molecule has 1 aliphatic rings. The van der Waals surface area contributed by atoms with Gasteiger partial charge in [0.2, 0.25) is 0 Å². The Morgan fingerprint density at radius 1 is 1.67 bits per heavy atom. The van der Waals surface area contributed by atoms with E-state index in [0.29, 0.717) is 5.92 Å². The number of ether oxygens (including phenoxy) is 1. The van der Waals surface area contributed by atoms with E-state index in [-0.39, 0.29) is 11.9 Å². The third-order valence-corrected chi connectivity index (χ3v) is 2.18. The fraction of sp³-hybridized carbons (Fsp3) is 0.700. The van der Waals surface area contributed by atoms with Gasteiger partial charge in [-0.25, -0.2) is 0 Å². The van der Waals surface area contributed by atoms with Crippen molar-refractivity contribution in [2.45, 2.75) is 26.2 Å². The molecular weight excluding hydrogens is 152 g/mol. The molecular formula is C10H16O2. The van der Waals surface area contributed by atoms with Crippen LogP contribution in [0.3, 0.4) is 0 Å². The molecule has 0 N–H and O–H groups in total. The Morgan fingerprint density at radius 3 is 2.75 bits per heavy atom. The van der Waals surface area contributed by atoms with Gasteiger partial charge in [0.1, 0.15) is 0 Å². The quantitative estimate of drug-likeness (QED) is 0.475. The lowest BCUT2D eigenvalue weighted by atomic mass is 10.0. The highest BCUT2D eigenvalue weighted by Gasteiger charge is 2.34. The molecule has 12 heavy (non-hydrogen) atoms. The lowest BCUT2D eigenvalue weighted by molar-refractivity contribution is -0.144. The van der Waals surface area contributed by atoms with Crippen LogP contribution in [0.1, 0.15) is 26.2 Å².